The molecule has 1 aliphatic heterocycles. The molecule has 1 aliphatic rings. The van der Waals surface area contributed by atoms with Crippen molar-refractivity contribution in [2.45, 2.75) is 18.3 Å². The second-order valence-corrected chi connectivity index (χ2v) is 7.39. The van der Waals surface area contributed by atoms with Crippen molar-refractivity contribution in [1.29, 1.82) is 0 Å². The van der Waals surface area contributed by atoms with Crippen molar-refractivity contribution in [3.63, 3.8) is 0 Å². The highest BCUT2D eigenvalue weighted by molar-refractivity contribution is 8.15. The zero-order valence-corrected chi connectivity index (χ0v) is 16.1. The van der Waals surface area contributed by atoms with Gasteiger partial charge >= 0.3 is 5.97 Å². The van der Waals surface area contributed by atoms with E-state index >= 15 is 0 Å². The monoisotopic (exact) mass is 417 g/mol. The molecule has 2 N–H and O–H groups in total. The fourth-order valence-corrected chi connectivity index (χ4v) is 3.43. The van der Waals surface area contributed by atoms with E-state index in [1.54, 1.807) is 12.1 Å². The first-order chi connectivity index (χ1) is 13.5. The number of halogens is 1. The molecule has 9 heteroatoms. The van der Waals surface area contributed by atoms with E-state index in [2.05, 4.69) is 15.5 Å². The minimum atomic E-state index is -1.03. The third-order valence-electron chi connectivity index (χ3n) is 3.72. The number of aliphatic carboxylic acids is 1. The van der Waals surface area contributed by atoms with E-state index in [1.807, 2.05) is 36.4 Å². The lowest BCUT2D eigenvalue weighted by atomic mass is 10.2. The van der Waals surface area contributed by atoms with Crippen molar-refractivity contribution >= 4 is 46.6 Å². The number of carbonyl (C=O) groups excluding carboxylic acids is 1. The van der Waals surface area contributed by atoms with Crippen LogP contribution in [-0.2, 0) is 16.2 Å². The normalized spacial score (nSPS) is 17.8. The van der Waals surface area contributed by atoms with Crippen molar-refractivity contribution in [2.75, 3.05) is 0 Å². The first-order valence-electron chi connectivity index (χ1n) is 8.28. The fraction of sp³-hybridized carbons (Fsp3) is 0.158. The zero-order chi connectivity index (χ0) is 19.9. The number of benzene rings is 2. The molecule has 0 aromatic heterocycles. The van der Waals surface area contributed by atoms with Gasteiger partial charge in [0.1, 0.15) is 17.6 Å². The maximum Gasteiger partial charge on any atom is 0.305 e. The molecular weight excluding hydrogens is 402 g/mol. The topological polar surface area (TPSA) is 100 Å². The number of hydrogen-bond donors (Lipinski definition) is 2. The average Bonchev–Trinajstić information content (AvgIpc) is 3.01. The van der Waals surface area contributed by atoms with Crippen LogP contribution in [0.5, 0.6) is 5.75 Å². The largest absolute Gasteiger partial charge is 0.489 e. The van der Waals surface area contributed by atoms with Crippen molar-refractivity contribution in [3.05, 3.63) is 64.7 Å². The number of hydrogen-bond acceptors (Lipinski definition) is 6. The van der Waals surface area contributed by atoms with Crippen LogP contribution < -0.4 is 10.1 Å². The first kappa shape index (κ1) is 19.9. The van der Waals surface area contributed by atoms with Gasteiger partial charge in [-0.15, -0.1) is 5.10 Å². The molecule has 1 unspecified atom stereocenters. The van der Waals surface area contributed by atoms with Crippen LogP contribution in [-0.4, -0.2) is 33.6 Å². The van der Waals surface area contributed by atoms with Crippen LogP contribution in [0.3, 0.4) is 0 Å². The van der Waals surface area contributed by atoms with Gasteiger partial charge in [-0.1, -0.05) is 41.6 Å². The van der Waals surface area contributed by atoms with E-state index in [1.165, 1.54) is 6.21 Å². The molecule has 2 aromatic carbocycles. The SMILES string of the molecule is O=C(O)CC1S/C(=N/N=C/c2ccc(OCc3ccccc3Cl)cc2)NC1=O. The van der Waals surface area contributed by atoms with Crippen LogP contribution in [0.15, 0.2) is 58.7 Å². The van der Waals surface area contributed by atoms with Gasteiger partial charge in [-0.3, -0.25) is 9.59 Å². The summed E-state index contributed by atoms with van der Waals surface area (Å²) < 4.78 is 5.71. The number of ether oxygens (including phenoxy) is 1. The van der Waals surface area contributed by atoms with E-state index in [9.17, 15) is 9.59 Å². The quantitative estimate of drug-likeness (QED) is 0.531. The van der Waals surface area contributed by atoms with Gasteiger partial charge in [0, 0.05) is 10.6 Å². The number of carboxylic acid groups (broad SMARTS) is 1. The zero-order valence-electron chi connectivity index (χ0n) is 14.5. The predicted molar refractivity (Wildman–Crippen MR) is 109 cm³/mol. The highest BCUT2D eigenvalue weighted by atomic mass is 35.5. The summed E-state index contributed by atoms with van der Waals surface area (Å²) in [5, 5.41) is 19.4. The van der Waals surface area contributed by atoms with Gasteiger partial charge in [0.25, 0.3) is 0 Å². The predicted octanol–water partition coefficient (Wildman–Crippen LogP) is 3.32. The summed E-state index contributed by atoms with van der Waals surface area (Å²) in [6.45, 7) is 0.370. The molecule has 0 saturated carbocycles. The average molecular weight is 418 g/mol. The van der Waals surface area contributed by atoms with Gasteiger partial charge in [0.2, 0.25) is 5.91 Å². The van der Waals surface area contributed by atoms with Crippen molar-refractivity contribution in [2.24, 2.45) is 10.2 Å². The molecule has 0 radical (unpaired) electrons. The molecule has 7 nitrogen and oxygen atoms in total. The van der Waals surface area contributed by atoms with Crippen LogP contribution in [0.4, 0.5) is 0 Å². The summed E-state index contributed by atoms with van der Waals surface area (Å²) in [7, 11) is 0. The molecule has 1 heterocycles. The summed E-state index contributed by atoms with van der Waals surface area (Å²) in [5.41, 5.74) is 1.70. The molecule has 1 amide bonds. The molecule has 28 heavy (non-hydrogen) atoms. The van der Waals surface area contributed by atoms with Crippen molar-refractivity contribution in [3.8, 4) is 5.75 Å². The summed E-state index contributed by atoms with van der Waals surface area (Å²) in [6, 6.07) is 14.7. The molecule has 3 rings (SSSR count). The Morgan fingerprint density at radius 2 is 2.00 bits per heavy atom. The number of carboxylic acids is 1. The number of nitrogens with one attached hydrogen (secondary N) is 1. The Morgan fingerprint density at radius 3 is 2.71 bits per heavy atom. The lowest BCUT2D eigenvalue weighted by Crippen LogP contribution is -2.26. The highest BCUT2D eigenvalue weighted by Gasteiger charge is 2.32. The first-order valence-corrected chi connectivity index (χ1v) is 9.53. The van der Waals surface area contributed by atoms with Crippen LogP contribution in [0, 0.1) is 0 Å². The fourth-order valence-electron chi connectivity index (χ4n) is 2.32. The van der Waals surface area contributed by atoms with Crippen molar-refractivity contribution < 1.29 is 19.4 Å². The summed E-state index contributed by atoms with van der Waals surface area (Å²) in [6.07, 6.45) is 1.27. The van der Waals surface area contributed by atoms with Gasteiger partial charge in [-0.25, -0.2) is 0 Å². The molecule has 1 atom stereocenters. The molecule has 1 saturated heterocycles. The highest BCUT2D eigenvalue weighted by Crippen LogP contribution is 2.22. The molecule has 144 valence electrons. The van der Waals surface area contributed by atoms with E-state index in [-0.39, 0.29) is 17.5 Å². The van der Waals surface area contributed by atoms with Crippen LogP contribution >= 0.6 is 23.4 Å². The molecule has 0 aliphatic carbocycles. The Labute approximate surface area is 170 Å². The van der Waals surface area contributed by atoms with Crippen molar-refractivity contribution in [1.82, 2.24) is 5.32 Å². The van der Waals surface area contributed by atoms with Gasteiger partial charge in [0.15, 0.2) is 5.17 Å². The number of rotatable bonds is 7. The standard InChI is InChI=1S/C19H16ClN3O4S/c20-15-4-2-1-3-13(15)11-27-14-7-5-12(6-8-14)10-21-23-19-22-18(26)16(28-19)9-17(24)25/h1-8,10,16H,9,11H2,(H,24,25)(H,22,23,26)/b21-10+. The van der Waals surface area contributed by atoms with Crippen LogP contribution in [0.25, 0.3) is 0 Å². The molecule has 0 spiro atoms. The summed E-state index contributed by atoms with van der Waals surface area (Å²) in [4.78, 5) is 22.3. The van der Waals surface area contributed by atoms with E-state index in [0.29, 0.717) is 17.4 Å². The maximum atomic E-state index is 11.6. The Kier molecular flexibility index (Phi) is 6.67. The minimum Gasteiger partial charge on any atom is -0.489 e. The number of thioether (sulfide) groups is 1. The Morgan fingerprint density at radius 1 is 1.25 bits per heavy atom. The third kappa shape index (κ3) is 5.58. The van der Waals surface area contributed by atoms with Gasteiger partial charge in [-0.2, -0.15) is 5.10 Å². The van der Waals surface area contributed by atoms with Crippen LogP contribution in [0.2, 0.25) is 5.02 Å². The molecule has 1 fully saturated rings. The van der Waals surface area contributed by atoms with Gasteiger partial charge in [0.05, 0.1) is 12.6 Å². The van der Waals surface area contributed by atoms with Crippen LogP contribution in [0.1, 0.15) is 17.5 Å². The van der Waals surface area contributed by atoms with E-state index in [4.69, 9.17) is 21.4 Å². The van der Waals surface area contributed by atoms with Gasteiger partial charge < -0.3 is 15.2 Å². The smallest absolute Gasteiger partial charge is 0.305 e. The third-order valence-corrected chi connectivity index (χ3v) is 5.17. The molecule has 0 bridgehead atoms. The lowest BCUT2D eigenvalue weighted by molar-refractivity contribution is -0.138. The molecular formula is C19H16ClN3O4S. The second kappa shape index (κ2) is 9.38. The lowest BCUT2D eigenvalue weighted by Gasteiger charge is -2.07. The second-order valence-electron chi connectivity index (χ2n) is 5.79. The van der Waals surface area contributed by atoms with E-state index in [0.717, 1.165) is 22.9 Å². The number of nitrogens with zero attached hydrogens (tertiary/aromatic N) is 2. The Hall–Kier alpha value is -2.84. The molecule has 2 aromatic rings. The Balaban J connectivity index is 1.53. The van der Waals surface area contributed by atoms with Gasteiger partial charge in [-0.05, 0) is 35.9 Å². The van der Waals surface area contributed by atoms with E-state index < -0.39 is 11.2 Å². The maximum absolute atomic E-state index is 11.6. The number of amides is 1. The number of carbonyl (C=O) groups is 2. The minimum absolute atomic E-state index is 0.255. The summed E-state index contributed by atoms with van der Waals surface area (Å²) in [5.74, 6) is -0.714. The number of amidine groups is 1. The Bertz CT molecular complexity index is 931. The summed E-state index contributed by atoms with van der Waals surface area (Å²) >= 11 is 7.16.